The number of fused-ring (bicyclic) bond motifs is 2. The van der Waals surface area contributed by atoms with Gasteiger partial charge in [0.15, 0.2) is 0 Å². The Bertz CT molecular complexity index is 1500. The molecule has 174 valence electrons. The van der Waals surface area contributed by atoms with Crippen LogP contribution in [0.5, 0.6) is 0 Å². The predicted molar refractivity (Wildman–Crippen MR) is 123 cm³/mol. The summed E-state index contributed by atoms with van der Waals surface area (Å²) in [6.45, 7) is 0. The number of rotatable bonds is 4. The monoisotopic (exact) mass is 468 g/mol. The second-order valence-corrected chi connectivity index (χ2v) is 8.34. The number of anilines is 1. The van der Waals surface area contributed by atoms with Crippen LogP contribution in [0.25, 0.3) is 27.5 Å². The Labute approximate surface area is 191 Å². The molecule has 2 heterocycles. The fourth-order valence-electron chi connectivity index (χ4n) is 4.21. The van der Waals surface area contributed by atoms with Crippen LogP contribution in [-0.2, 0) is 5.60 Å². The molecule has 0 aliphatic heterocycles. The van der Waals surface area contributed by atoms with E-state index in [-0.39, 0.29) is 16.5 Å². The first-order chi connectivity index (χ1) is 16.1. The maximum absolute atomic E-state index is 14.5. The van der Waals surface area contributed by atoms with Crippen molar-refractivity contribution in [1.29, 1.82) is 0 Å². The number of aromatic nitrogens is 3. The van der Waals surface area contributed by atoms with Gasteiger partial charge in [0.05, 0.1) is 17.4 Å². The van der Waals surface area contributed by atoms with E-state index in [1.807, 2.05) is 19.0 Å². The van der Waals surface area contributed by atoms with Gasteiger partial charge in [-0.25, -0.2) is 9.07 Å². The van der Waals surface area contributed by atoms with Crippen LogP contribution in [0, 0.1) is 5.82 Å². The lowest BCUT2D eigenvalue weighted by Gasteiger charge is -2.31. The van der Waals surface area contributed by atoms with Gasteiger partial charge in [-0.2, -0.15) is 18.3 Å². The molecule has 0 spiro atoms. The maximum atomic E-state index is 14.5. The molecule has 5 nitrogen and oxygen atoms in total. The summed E-state index contributed by atoms with van der Waals surface area (Å²) < 4.78 is 58.2. The molecule has 0 fully saturated rings. The summed E-state index contributed by atoms with van der Waals surface area (Å²) in [5.41, 5.74) is -1.50. The largest absolute Gasteiger partial charge is 0.425 e. The van der Waals surface area contributed by atoms with Crippen molar-refractivity contribution < 1.29 is 22.7 Å². The molecule has 5 rings (SSSR count). The van der Waals surface area contributed by atoms with Crippen LogP contribution in [0.4, 0.5) is 23.2 Å². The summed E-state index contributed by atoms with van der Waals surface area (Å²) >= 11 is 0. The van der Waals surface area contributed by atoms with Crippen molar-refractivity contribution in [1.82, 2.24) is 14.8 Å². The van der Waals surface area contributed by atoms with Gasteiger partial charge in [0.25, 0.3) is 0 Å². The van der Waals surface area contributed by atoms with E-state index in [4.69, 9.17) is 0 Å². The molecule has 0 aliphatic rings. The topological polar surface area (TPSA) is 57.1 Å². The molecule has 0 saturated carbocycles. The Balaban J connectivity index is 1.66. The summed E-state index contributed by atoms with van der Waals surface area (Å²) in [5.74, 6) is -0.408. The highest BCUT2D eigenvalue weighted by atomic mass is 19.4. The third-order valence-electron chi connectivity index (χ3n) is 6.04. The van der Waals surface area contributed by atoms with E-state index >= 15 is 0 Å². The third-order valence-corrected chi connectivity index (χ3v) is 6.04. The van der Waals surface area contributed by atoms with Gasteiger partial charge in [0, 0.05) is 47.8 Å². The van der Waals surface area contributed by atoms with Gasteiger partial charge in [-0.05, 0) is 54.1 Å². The number of benzene rings is 3. The number of H-pyrrole nitrogens is 1. The molecule has 1 unspecified atom stereocenters. The summed E-state index contributed by atoms with van der Waals surface area (Å²) in [5, 5.41) is 16.2. The Morgan fingerprint density at radius 1 is 0.971 bits per heavy atom. The van der Waals surface area contributed by atoms with Crippen molar-refractivity contribution in [3.63, 3.8) is 0 Å². The fraction of sp³-hybridized carbons (Fsp3) is 0.160. The minimum Gasteiger partial charge on any atom is -0.378 e. The molecule has 0 radical (unpaired) electrons. The van der Waals surface area contributed by atoms with Crippen molar-refractivity contribution >= 4 is 27.5 Å². The zero-order valence-electron chi connectivity index (χ0n) is 18.2. The van der Waals surface area contributed by atoms with Crippen LogP contribution in [0.1, 0.15) is 11.1 Å². The number of alkyl halides is 3. The molecule has 3 aromatic carbocycles. The number of halogens is 4. The van der Waals surface area contributed by atoms with Gasteiger partial charge in [-0.15, -0.1) is 0 Å². The molecule has 0 aliphatic carbocycles. The molecule has 2 N–H and O–H groups in total. The number of hydrogen-bond acceptors (Lipinski definition) is 3. The lowest BCUT2D eigenvalue weighted by Crippen LogP contribution is -2.43. The van der Waals surface area contributed by atoms with E-state index in [9.17, 15) is 22.7 Å². The first kappa shape index (κ1) is 22.0. The second-order valence-electron chi connectivity index (χ2n) is 8.34. The van der Waals surface area contributed by atoms with Crippen LogP contribution >= 0.6 is 0 Å². The van der Waals surface area contributed by atoms with Crippen LogP contribution in [0.2, 0.25) is 0 Å². The van der Waals surface area contributed by atoms with Gasteiger partial charge in [-0.3, -0.25) is 0 Å². The zero-order valence-corrected chi connectivity index (χ0v) is 18.2. The highest BCUT2D eigenvalue weighted by Gasteiger charge is 2.57. The summed E-state index contributed by atoms with van der Waals surface area (Å²) in [6.07, 6.45) is -2.38. The smallest absolute Gasteiger partial charge is 0.378 e. The maximum Gasteiger partial charge on any atom is 0.425 e. The molecule has 0 saturated heterocycles. The highest BCUT2D eigenvalue weighted by Crippen LogP contribution is 2.47. The van der Waals surface area contributed by atoms with Crippen molar-refractivity contribution in [2.75, 3.05) is 19.0 Å². The van der Waals surface area contributed by atoms with Crippen LogP contribution < -0.4 is 4.90 Å². The lowest BCUT2D eigenvalue weighted by molar-refractivity contribution is -0.247. The van der Waals surface area contributed by atoms with E-state index < -0.39 is 17.6 Å². The van der Waals surface area contributed by atoms with E-state index in [0.29, 0.717) is 22.1 Å². The van der Waals surface area contributed by atoms with Gasteiger partial charge in [0.2, 0.25) is 5.60 Å². The van der Waals surface area contributed by atoms with Crippen molar-refractivity contribution in [3.8, 4) is 5.69 Å². The first-order valence-corrected chi connectivity index (χ1v) is 10.4. The van der Waals surface area contributed by atoms with Crippen LogP contribution in [0.15, 0.2) is 73.1 Å². The molecule has 0 amide bonds. The minimum atomic E-state index is -5.00. The van der Waals surface area contributed by atoms with Crippen molar-refractivity contribution in [2.24, 2.45) is 0 Å². The molecule has 9 heteroatoms. The molecular weight excluding hydrogens is 448 g/mol. The van der Waals surface area contributed by atoms with Crippen molar-refractivity contribution in [3.05, 3.63) is 90.0 Å². The minimum absolute atomic E-state index is 0.271. The molecule has 1 atom stereocenters. The Morgan fingerprint density at radius 3 is 2.38 bits per heavy atom. The third kappa shape index (κ3) is 3.31. The standard InChI is InChI=1S/C25H20F4N4O/c1-32(2)19-8-9-20-21(14-30-22(20)12-19)24(34,25(27,28)29)16-3-10-23-15(11-16)13-31-33(23)18-6-4-17(26)5-7-18/h3-14,30,34H,1-2H3. The summed E-state index contributed by atoms with van der Waals surface area (Å²) in [6, 6.07) is 14.6. The number of nitrogens with one attached hydrogen (secondary N) is 1. The molecular formula is C25H20F4N4O. The zero-order chi connectivity index (χ0) is 24.3. The number of hydrogen-bond donors (Lipinski definition) is 2. The predicted octanol–water partition coefficient (Wildman–Crippen LogP) is 5.51. The first-order valence-electron chi connectivity index (χ1n) is 10.4. The Morgan fingerprint density at radius 2 is 1.71 bits per heavy atom. The van der Waals surface area contributed by atoms with E-state index in [1.54, 1.807) is 18.2 Å². The number of nitrogens with zero attached hydrogens (tertiary/aromatic N) is 3. The van der Waals surface area contributed by atoms with Crippen molar-refractivity contribution in [2.45, 2.75) is 11.8 Å². The Kier molecular flexibility index (Phi) is 4.91. The van der Waals surface area contributed by atoms with E-state index in [0.717, 1.165) is 5.69 Å². The molecule has 34 heavy (non-hydrogen) atoms. The average molecular weight is 468 g/mol. The summed E-state index contributed by atoms with van der Waals surface area (Å²) in [4.78, 5) is 4.70. The normalized spacial score (nSPS) is 14.0. The van der Waals surface area contributed by atoms with E-state index in [2.05, 4.69) is 10.1 Å². The SMILES string of the molecule is CN(C)c1ccc2c(C(O)(c3ccc4c(cnn4-c4ccc(F)cc4)c3)C(F)(F)F)c[nH]c2c1. The van der Waals surface area contributed by atoms with Gasteiger partial charge < -0.3 is 15.0 Å². The Hall–Kier alpha value is -3.85. The molecule has 2 aromatic heterocycles. The van der Waals surface area contributed by atoms with Crippen LogP contribution in [-0.4, -0.2) is 40.1 Å². The highest BCUT2D eigenvalue weighted by molar-refractivity contribution is 5.88. The molecule has 5 aromatic rings. The molecule has 0 bridgehead atoms. The fourth-order valence-corrected chi connectivity index (χ4v) is 4.21. The summed E-state index contributed by atoms with van der Waals surface area (Å²) in [7, 11) is 3.66. The second kappa shape index (κ2) is 7.59. The number of aromatic amines is 1. The quantitative estimate of drug-likeness (QED) is 0.342. The average Bonchev–Trinajstić information content (AvgIpc) is 3.42. The van der Waals surface area contributed by atoms with Gasteiger partial charge in [-0.1, -0.05) is 12.1 Å². The van der Waals surface area contributed by atoms with Crippen LogP contribution in [0.3, 0.4) is 0 Å². The van der Waals surface area contributed by atoms with E-state index in [1.165, 1.54) is 59.5 Å². The van der Waals surface area contributed by atoms with Gasteiger partial charge in [0.1, 0.15) is 5.82 Å². The lowest BCUT2D eigenvalue weighted by atomic mass is 9.85. The number of aliphatic hydroxyl groups is 1. The van der Waals surface area contributed by atoms with Gasteiger partial charge >= 0.3 is 6.18 Å².